The zero-order valence-corrected chi connectivity index (χ0v) is 17.2. The molecule has 0 bridgehead atoms. The molecule has 0 saturated carbocycles. The quantitative estimate of drug-likeness (QED) is 0.466. The van der Waals surface area contributed by atoms with Crippen LogP contribution in [0.3, 0.4) is 0 Å². The topological polar surface area (TPSA) is 43.3 Å². The van der Waals surface area contributed by atoms with E-state index in [1.807, 2.05) is 53.4 Å². The van der Waals surface area contributed by atoms with Gasteiger partial charge in [-0.05, 0) is 42.3 Å². The predicted octanol–water partition coefficient (Wildman–Crippen LogP) is 5.45. The van der Waals surface area contributed by atoms with Gasteiger partial charge in [0.2, 0.25) is 0 Å². The third-order valence-electron chi connectivity index (χ3n) is 4.81. The van der Waals surface area contributed by atoms with Gasteiger partial charge in [0.25, 0.3) is 5.91 Å². The third-order valence-corrected chi connectivity index (χ3v) is 5.78. The SMILES string of the molecule is COc1ccc(CNC(=O)c2scc(-c3ccc(C)cc3)c2-n2cccc2)cc1. The van der Waals surface area contributed by atoms with Crippen molar-refractivity contribution in [1.82, 2.24) is 9.88 Å². The fourth-order valence-corrected chi connectivity index (χ4v) is 4.19. The Bertz CT molecular complexity index is 1100. The molecule has 146 valence electrons. The van der Waals surface area contributed by atoms with Crippen LogP contribution in [0.2, 0.25) is 0 Å². The second-order valence-corrected chi connectivity index (χ2v) is 7.69. The summed E-state index contributed by atoms with van der Waals surface area (Å²) in [5, 5.41) is 5.10. The molecular weight excluding hydrogens is 380 g/mol. The van der Waals surface area contributed by atoms with Gasteiger partial charge in [-0.2, -0.15) is 0 Å². The number of carbonyl (C=O) groups excluding carboxylic acids is 1. The number of hydrogen-bond donors (Lipinski definition) is 1. The van der Waals surface area contributed by atoms with E-state index in [2.05, 4.69) is 41.9 Å². The number of amides is 1. The normalized spacial score (nSPS) is 10.7. The minimum absolute atomic E-state index is 0.0760. The van der Waals surface area contributed by atoms with Crippen molar-refractivity contribution in [3.63, 3.8) is 0 Å². The van der Waals surface area contributed by atoms with E-state index in [0.717, 1.165) is 28.1 Å². The lowest BCUT2D eigenvalue weighted by atomic mass is 10.0. The van der Waals surface area contributed by atoms with E-state index >= 15 is 0 Å². The number of hydrogen-bond acceptors (Lipinski definition) is 3. The second kappa shape index (κ2) is 8.37. The van der Waals surface area contributed by atoms with Crippen LogP contribution in [0, 0.1) is 6.92 Å². The van der Waals surface area contributed by atoms with Crippen molar-refractivity contribution in [3.8, 4) is 22.6 Å². The number of rotatable bonds is 6. The van der Waals surface area contributed by atoms with Crippen molar-refractivity contribution in [2.75, 3.05) is 7.11 Å². The Morgan fingerprint density at radius 2 is 1.72 bits per heavy atom. The monoisotopic (exact) mass is 402 g/mol. The molecule has 4 aromatic rings. The Hall–Kier alpha value is -3.31. The van der Waals surface area contributed by atoms with Crippen LogP contribution in [0.15, 0.2) is 78.4 Å². The van der Waals surface area contributed by atoms with Crippen LogP contribution in [0.4, 0.5) is 0 Å². The van der Waals surface area contributed by atoms with E-state index in [4.69, 9.17) is 4.74 Å². The Labute approximate surface area is 174 Å². The minimum Gasteiger partial charge on any atom is -0.497 e. The average molecular weight is 403 g/mol. The van der Waals surface area contributed by atoms with Crippen LogP contribution >= 0.6 is 11.3 Å². The first-order valence-electron chi connectivity index (χ1n) is 9.38. The molecular formula is C24H22N2O2S. The Balaban J connectivity index is 1.62. The number of thiophene rings is 1. The van der Waals surface area contributed by atoms with Crippen molar-refractivity contribution >= 4 is 17.2 Å². The van der Waals surface area contributed by atoms with Crippen molar-refractivity contribution in [2.45, 2.75) is 13.5 Å². The first kappa shape index (κ1) is 19.0. The number of nitrogens with one attached hydrogen (secondary N) is 1. The lowest BCUT2D eigenvalue weighted by Gasteiger charge is -2.11. The number of ether oxygens (including phenoxy) is 1. The number of carbonyl (C=O) groups is 1. The highest BCUT2D eigenvalue weighted by Gasteiger charge is 2.20. The molecule has 4 nitrogen and oxygen atoms in total. The largest absolute Gasteiger partial charge is 0.497 e. The molecule has 0 aliphatic heterocycles. The summed E-state index contributed by atoms with van der Waals surface area (Å²) in [5.74, 6) is 0.726. The van der Waals surface area contributed by atoms with E-state index in [-0.39, 0.29) is 5.91 Å². The van der Waals surface area contributed by atoms with Crippen molar-refractivity contribution in [1.29, 1.82) is 0 Å². The van der Waals surface area contributed by atoms with E-state index in [1.54, 1.807) is 7.11 Å². The Morgan fingerprint density at radius 3 is 2.38 bits per heavy atom. The summed E-state index contributed by atoms with van der Waals surface area (Å²) >= 11 is 1.47. The number of benzene rings is 2. The standard InChI is InChI=1S/C24H22N2O2S/c1-17-5-9-19(10-6-17)21-16-29-23(22(21)26-13-3-4-14-26)24(27)25-15-18-7-11-20(28-2)12-8-18/h3-14,16H,15H2,1-2H3,(H,25,27). The van der Waals surface area contributed by atoms with Crippen molar-refractivity contribution < 1.29 is 9.53 Å². The summed E-state index contributed by atoms with van der Waals surface area (Å²) in [6, 6.07) is 20.0. The maximum Gasteiger partial charge on any atom is 0.263 e. The molecule has 29 heavy (non-hydrogen) atoms. The first-order valence-corrected chi connectivity index (χ1v) is 10.3. The van der Waals surface area contributed by atoms with E-state index in [0.29, 0.717) is 11.4 Å². The van der Waals surface area contributed by atoms with Gasteiger partial charge in [-0.1, -0.05) is 42.0 Å². The molecule has 0 aliphatic rings. The molecule has 0 radical (unpaired) electrons. The van der Waals surface area contributed by atoms with Gasteiger partial charge in [-0.15, -0.1) is 11.3 Å². The van der Waals surface area contributed by atoms with E-state index < -0.39 is 0 Å². The molecule has 0 saturated heterocycles. The van der Waals surface area contributed by atoms with Gasteiger partial charge in [-0.25, -0.2) is 0 Å². The van der Waals surface area contributed by atoms with Crippen LogP contribution in [0.25, 0.3) is 16.8 Å². The van der Waals surface area contributed by atoms with Gasteiger partial charge in [0, 0.05) is 29.9 Å². The number of aromatic nitrogens is 1. The van der Waals surface area contributed by atoms with Gasteiger partial charge in [0.15, 0.2) is 0 Å². The lowest BCUT2D eigenvalue weighted by Crippen LogP contribution is -2.23. The van der Waals surface area contributed by atoms with Crippen LogP contribution in [-0.4, -0.2) is 17.6 Å². The molecule has 0 atom stereocenters. The van der Waals surface area contributed by atoms with Crippen LogP contribution in [0.5, 0.6) is 5.75 Å². The minimum atomic E-state index is -0.0760. The lowest BCUT2D eigenvalue weighted by molar-refractivity contribution is 0.0955. The molecule has 5 heteroatoms. The summed E-state index contributed by atoms with van der Waals surface area (Å²) in [5.41, 5.74) is 5.31. The number of aryl methyl sites for hydroxylation is 1. The number of nitrogens with zero attached hydrogens (tertiary/aromatic N) is 1. The highest BCUT2D eigenvalue weighted by Crippen LogP contribution is 2.35. The van der Waals surface area contributed by atoms with Crippen LogP contribution in [-0.2, 0) is 6.54 Å². The second-order valence-electron chi connectivity index (χ2n) is 6.81. The Morgan fingerprint density at radius 1 is 1.03 bits per heavy atom. The van der Waals surface area contributed by atoms with Gasteiger partial charge in [-0.3, -0.25) is 4.79 Å². The van der Waals surface area contributed by atoms with Crippen molar-refractivity contribution in [2.24, 2.45) is 0 Å². The van der Waals surface area contributed by atoms with E-state index in [9.17, 15) is 4.79 Å². The van der Waals surface area contributed by atoms with Gasteiger partial charge >= 0.3 is 0 Å². The van der Waals surface area contributed by atoms with E-state index in [1.165, 1.54) is 16.9 Å². The molecule has 1 N–H and O–H groups in total. The molecule has 2 aromatic heterocycles. The summed E-state index contributed by atoms with van der Waals surface area (Å²) in [4.78, 5) is 13.7. The first-order chi connectivity index (χ1) is 14.2. The highest BCUT2D eigenvalue weighted by molar-refractivity contribution is 7.13. The van der Waals surface area contributed by atoms with Crippen molar-refractivity contribution in [3.05, 3.63) is 94.4 Å². The van der Waals surface area contributed by atoms with Gasteiger partial charge < -0.3 is 14.6 Å². The Kier molecular flexibility index (Phi) is 5.49. The molecule has 0 unspecified atom stereocenters. The molecule has 0 aliphatic carbocycles. The number of methoxy groups -OCH3 is 1. The van der Waals surface area contributed by atoms with Gasteiger partial charge in [0.05, 0.1) is 12.8 Å². The molecule has 2 heterocycles. The maximum atomic E-state index is 13.0. The molecule has 0 fully saturated rings. The summed E-state index contributed by atoms with van der Waals surface area (Å²) in [7, 11) is 1.64. The highest BCUT2D eigenvalue weighted by atomic mass is 32.1. The average Bonchev–Trinajstić information content (AvgIpc) is 3.42. The maximum absolute atomic E-state index is 13.0. The fourth-order valence-electron chi connectivity index (χ4n) is 3.20. The fraction of sp³-hybridized carbons (Fsp3) is 0.125. The molecule has 0 spiro atoms. The van der Waals surface area contributed by atoms with Crippen LogP contribution < -0.4 is 10.1 Å². The summed E-state index contributed by atoms with van der Waals surface area (Å²) in [6.07, 6.45) is 3.94. The smallest absolute Gasteiger partial charge is 0.263 e. The third kappa shape index (κ3) is 4.10. The molecule has 4 rings (SSSR count). The summed E-state index contributed by atoms with van der Waals surface area (Å²) < 4.78 is 7.19. The van der Waals surface area contributed by atoms with Crippen LogP contribution in [0.1, 0.15) is 20.8 Å². The zero-order chi connectivity index (χ0) is 20.2. The predicted molar refractivity (Wildman–Crippen MR) is 118 cm³/mol. The van der Waals surface area contributed by atoms with Gasteiger partial charge in [0.1, 0.15) is 10.6 Å². The molecule has 2 aromatic carbocycles. The zero-order valence-electron chi connectivity index (χ0n) is 16.4. The summed E-state index contributed by atoms with van der Waals surface area (Å²) in [6.45, 7) is 2.54. The molecule has 1 amide bonds.